The number of rotatable bonds is 5. The summed E-state index contributed by atoms with van der Waals surface area (Å²) >= 11 is 0. The van der Waals surface area contributed by atoms with Gasteiger partial charge in [0.1, 0.15) is 5.82 Å². The Hall–Kier alpha value is -3.37. The van der Waals surface area contributed by atoms with Gasteiger partial charge in [0.15, 0.2) is 5.82 Å². The Labute approximate surface area is 184 Å². The number of amides is 3. The number of piperidine rings is 1. The van der Waals surface area contributed by atoms with Crippen molar-refractivity contribution in [1.29, 1.82) is 0 Å². The van der Waals surface area contributed by atoms with Crippen molar-refractivity contribution in [2.75, 3.05) is 31.1 Å². The molecule has 2 aliphatic heterocycles. The Bertz CT molecular complexity index is 1020. The number of H-pyrrole nitrogens is 1. The third-order valence-electron chi connectivity index (χ3n) is 6.38. The summed E-state index contributed by atoms with van der Waals surface area (Å²) in [5.74, 6) is 0.774. The van der Waals surface area contributed by atoms with Gasteiger partial charge in [0, 0.05) is 55.9 Å². The average molecular weight is 441 g/mol. The fourth-order valence-corrected chi connectivity index (χ4v) is 4.40. The molecule has 0 radical (unpaired) electrons. The predicted octanol–water partition coefficient (Wildman–Crippen LogP) is 0.704. The lowest BCUT2D eigenvalue weighted by Crippen LogP contribution is -2.46. The molecule has 11 heteroatoms. The molecule has 2 saturated heterocycles. The monoisotopic (exact) mass is 441 g/mol. The molecule has 2 aromatic rings. The number of anilines is 1. The number of carbonyl (C=O) groups excluding carboxylic acids is 2. The highest BCUT2D eigenvalue weighted by Crippen LogP contribution is 2.26. The van der Waals surface area contributed by atoms with Crippen LogP contribution in [-0.4, -0.2) is 70.2 Å². The number of hydrogen-bond acceptors (Lipinski definition) is 7. The molecule has 1 aliphatic carbocycles. The first kappa shape index (κ1) is 20.5. The van der Waals surface area contributed by atoms with Gasteiger partial charge in [-0.2, -0.15) is 0 Å². The van der Waals surface area contributed by atoms with Gasteiger partial charge in [-0.15, -0.1) is 0 Å². The van der Waals surface area contributed by atoms with E-state index < -0.39 is 5.76 Å². The molecule has 32 heavy (non-hydrogen) atoms. The SMILES string of the molecule is O=C(NC1CC1)NC1CCN(C(=O)C2CCN(c3ccc(-c4noc(=O)[nH]4)cn3)CC2)C1. The van der Waals surface area contributed by atoms with Gasteiger partial charge in [-0.05, 0) is 44.2 Å². The molecule has 3 N–H and O–H groups in total. The van der Waals surface area contributed by atoms with Crippen molar-refractivity contribution >= 4 is 17.8 Å². The van der Waals surface area contributed by atoms with Gasteiger partial charge in [-0.1, -0.05) is 5.16 Å². The fourth-order valence-electron chi connectivity index (χ4n) is 4.40. The van der Waals surface area contributed by atoms with Crippen LogP contribution in [0.25, 0.3) is 11.4 Å². The second-order valence-electron chi connectivity index (χ2n) is 8.77. The van der Waals surface area contributed by atoms with Gasteiger partial charge in [-0.3, -0.25) is 14.3 Å². The number of hydrogen-bond donors (Lipinski definition) is 3. The number of aromatic amines is 1. The lowest BCUT2D eigenvalue weighted by molar-refractivity contribution is -0.135. The number of carbonyl (C=O) groups is 2. The predicted molar refractivity (Wildman–Crippen MR) is 115 cm³/mol. The summed E-state index contributed by atoms with van der Waals surface area (Å²) < 4.78 is 4.53. The molecular weight excluding hydrogens is 414 g/mol. The van der Waals surface area contributed by atoms with Crippen LogP contribution in [0.3, 0.4) is 0 Å². The Morgan fingerprint density at radius 1 is 1.03 bits per heavy atom. The molecule has 11 nitrogen and oxygen atoms in total. The van der Waals surface area contributed by atoms with Crippen molar-refractivity contribution < 1.29 is 14.1 Å². The van der Waals surface area contributed by atoms with Gasteiger partial charge in [0.05, 0.1) is 0 Å². The third kappa shape index (κ3) is 4.61. The molecule has 2 aromatic heterocycles. The highest BCUT2D eigenvalue weighted by atomic mass is 16.5. The molecule has 4 heterocycles. The summed E-state index contributed by atoms with van der Waals surface area (Å²) in [6.45, 7) is 2.79. The molecule has 1 saturated carbocycles. The molecule has 5 rings (SSSR count). The van der Waals surface area contributed by atoms with Crippen LogP contribution in [-0.2, 0) is 4.79 Å². The summed E-state index contributed by atoms with van der Waals surface area (Å²) in [7, 11) is 0. The molecule has 3 amide bonds. The summed E-state index contributed by atoms with van der Waals surface area (Å²) in [5, 5.41) is 9.59. The molecule has 1 atom stereocenters. The first-order valence-electron chi connectivity index (χ1n) is 11.2. The van der Waals surface area contributed by atoms with E-state index in [1.807, 2.05) is 17.0 Å². The molecule has 170 valence electrons. The van der Waals surface area contributed by atoms with Gasteiger partial charge >= 0.3 is 11.8 Å². The summed E-state index contributed by atoms with van der Waals surface area (Å²) in [6, 6.07) is 3.96. The summed E-state index contributed by atoms with van der Waals surface area (Å²) in [4.78, 5) is 47.1. The Morgan fingerprint density at radius 2 is 1.81 bits per heavy atom. The second kappa shape index (κ2) is 8.64. The zero-order chi connectivity index (χ0) is 22.1. The van der Waals surface area contributed by atoms with E-state index in [2.05, 4.69) is 35.2 Å². The van der Waals surface area contributed by atoms with Crippen molar-refractivity contribution in [3.63, 3.8) is 0 Å². The number of pyridine rings is 1. The van der Waals surface area contributed by atoms with E-state index in [0.717, 1.165) is 51.0 Å². The minimum Gasteiger partial charge on any atom is -0.357 e. The molecule has 3 fully saturated rings. The zero-order valence-electron chi connectivity index (χ0n) is 17.7. The van der Waals surface area contributed by atoms with Crippen LogP contribution >= 0.6 is 0 Å². The normalized spacial score (nSPS) is 21.6. The molecule has 0 aromatic carbocycles. The van der Waals surface area contributed by atoms with Gasteiger partial charge < -0.3 is 20.4 Å². The first-order chi connectivity index (χ1) is 15.5. The van der Waals surface area contributed by atoms with E-state index in [1.165, 1.54) is 0 Å². The molecule has 0 spiro atoms. The van der Waals surface area contributed by atoms with Crippen LogP contribution in [0.1, 0.15) is 32.1 Å². The standard InChI is InChI=1S/C21H27N7O4/c29-19(28-10-7-16(12-28)24-20(30)23-15-2-3-15)13-5-8-27(9-6-13)17-4-1-14(11-22-17)18-25-21(31)32-26-18/h1,4,11,13,15-16H,2-3,5-10,12H2,(H2,23,24,30)(H,25,26,31). The van der Waals surface area contributed by atoms with Crippen molar-refractivity contribution in [3.8, 4) is 11.4 Å². The average Bonchev–Trinajstić information content (AvgIpc) is 3.31. The van der Waals surface area contributed by atoms with Crippen LogP contribution in [0, 0.1) is 5.92 Å². The van der Waals surface area contributed by atoms with Crippen molar-refractivity contribution in [3.05, 3.63) is 28.9 Å². The number of likely N-dealkylation sites (tertiary alicyclic amines) is 1. The largest absolute Gasteiger partial charge is 0.439 e. The number of nitrogens with one attached hydrogen (secondary N) is 3. The minimum atomic E-state index is -0.600. The molecular formula is C21H27N7O4. The topological polar surface area (TPSA) is 136 Å². The van der Waals surface area contributed by atoms with E-state index in [4.69, 9.17) is 0 Å². The van der Waals surface area contributed by atoms with E-state index in [-0.39, 0.29) is 23.9 Å². The van der Waals surface area contributed by atoms with Crippen LogP contribution < -0.4 is 21.3 Å². The van der Waals surface area contributed by atoms with Gasteiger partial charge in [-0.25, -0.2) is 14.6 Å². The smallest absolute Gasteiger partial charge is 0.357 e. The van der Waals surface area contributed by atoms with Crippen LogP contribution in [0.15, 0.2) is 27.6 Å². The zero-order valence-corrected chi connectivity index (χ0v) is 17.7. The lowest BCUT2D eigenvalue weighted by Gasteiger charge is -2.34. The van der Waals surface area contributed by atoms with Gasteiger partial charge in [0.2, 0.25) is 5.91 Å². The summed E-state index contributed by atoms with van der Waals surface area (Å²) in [6.07, 6.45) is 6.12. The van der Waals surface area contributed by atoms with Crippen LogP contribution in [0.4, 0.5) is 10.6 Å². The second-order valence-corrected chi connectivity index (χ2v) is 8.77. The highest BCUT2D eigenvalue weighted by molar-refractivity contribution is 5.80. The number of nitrogens with zero attached hydrogens (tertiary/aromatic N) is 4. The van der Waals surface area contributed by atoms with Gasteiger partial charge in [0.25, 0.3) is 0 Å². The van der Waals surface area contributed by atoms with E-state index >= 15 is 0 Å². The van der Waals surface area contributed by atoms with E-state index in [1.54, 1.807) is 6.20 Å². The third-order valence-corrected chi connectivity index (χ3v) is 6.38. The van der Waals surface area contributed by atoms with Crippen molar-refractivity contribution in [2.24, 2.45) is 5.92 Å². The molecule has 0 bridgehead atoms. The van der Waals surface area contributed by atoms with E-state index in [9.17, 15) is 14.4 Å². The molecule has 1 unspecified atom stereocenters. The van der Waals surface area contributed by atoms with Crippen molar-refractivity contribution in [1.82, 2.24) is 30.7 Å². The lowest BCUT2D eigenvalue weighted by atomic mass is 9.95. The highest BCUT2D eigenvalue weighted by Gasteiger charge is 2.34. The maximum Gasteiger partial charge on any atom is 0.439 e. The van der Waals surface area contributed by atoms with Crippen LogP contribution in [0.5, 0.6) is 0 Å². The van der Waals surface area contributed by atoms with Crippen LogP contribution in [0.2, 0.25) is 0 Å². The Balaban J connectivity index is 1.10. The maximum atomic E-state index is 13.0. The number of urea groups is 1. The first-order valence-corrected chi connectivity index (χ1v) is 11.2. The fraction of sp³-hybridized carbons (Fsp3) is 0.571. The van der Waals surface area contributed by atoms with E-state index in [0.29, 0.717) is 30.5 Å². The molecule has 3 aliphatic rings. The summed E-state index contributed by atoms with van der Waals surface area (Å²) in [5.41, 5.74) is 0.674. The van der Waals surface area contributed by atoms with Crippen molar-refractivity contribution in [2.45, 2.75) is 44.2 Å². The minimum absolute atomic E-state index is 0.00442. The number of aromatic nitrogens is 3. The maximum absolute atomic E-state index is 13.0. The Kier molecular flexibility index (Phi) is 5.54. The Morgan fingerprint density at radius 3 is 2.47 bits per heavy atom. The quantitative estimate of drug-likeness (QED) is 0.621.